The molecule has 8 nitrogen and oxygen atoms in total. The molecule has 8 heteroatoms. The molecule has 0 aromatic carbocycles. The minimum absolute atomic E-state index is 0.162. The number of carbonyl (C=O) groups excluding carboxylic acids is 1. The quantitative estimate of drug-likeness (QED) is 0.688. The average Bonchev–Trinajstić information content (AvgIpc) is 3.04. The first-order chi connectivity index (χ1) is 9.11. The lowest BCUT2D eigenvalue weighted by Gasteiger charge is -2.14. The Morgan fingerprint density at radius 1 is 1.42 bits per heavy atom. The van der Waals surface area contributed by atoms with Gasteiger partial charge in [-0.1, -0.05) is 18.6 Å². The Labute approximate surface area is 110 Å². The Morgan fingerprint density at radius 3 is 2.74 bits per heavy atom. The molecule has 1 amide bonds. The van der Waals surface area contributed by atoms with Crippen molar-refractivity contribution in [3.8, 4) is 0 Å². The van der Waals surface area contributed by atoms with Crippen LogP contribution in [0.2, 0.25) is 0 Å². The highest BCUT2D eigenvalue weighted by atomic mass is 16.4. The summed E-state index contributed by atoms with van der Waals surface area (Å²) in [7, 11) is 0. The number of hydrogen-bond acceptors (Lipinski definition) is 5. The van der Waals surface area contributed by atoms with E-state index in [0.717, 1.165) is 6.42 Å². The van der Waals surface area contributed by atoms with Crippen LogP contribution in [0.5, 0.6) is 0 Å². The number of aliphatic carboxylic acids is 1. The lowest BCUT2D eigenvalue weighted by atomic mass is 9.95. The van der Waals surface area contributed by atoms with Gasteiger partial charge in [-0.2, -0.15) is 5.21 Å². The maximum absolute atomic E-state index is 12.1. The fourth-order valence-electron chi connectivity index (χ4n) is 2.59. The molecule has 1 saturated carbocycles. The van der Waals surface area contributed by atoms with Crippen LogP contribution < -0.4 is 5.32 Å². The third-order valence-corrected chi connectivity index (χ3v) is 3.70. The number of hydrogen-bond donors (Lipinski definition) is 3. The number of tetrazole rings is 1. The number of rotatable bonds is 5. The molecule has 1 aromatic heterocycles. The Bertz CT molecular complexity index is 447. The van der Waals surface area contributed by atoms with Gasteiger partial charge in [0, 0.05) is 0 Å². The van der Waals surface area contributed by atoms with Gasteiger partial charge in [-0.15, -0.1) is 10.2 Å². The molecule has 19 heavy (non-hydrogen) atoms. The van der Waals surface area contributed by atoms with Crippen LogP contribution in [-0.2, 0) is 16.1 Å². The molecular formula is C11H17N5O3. The van der Waals surface area contributed by atoms with E-state index in [4.69, 9.17) is 0 Å². The predicted molar refractivity (Wildman–Crippen MR) is 63.7 cm³/mol. The lowest BCUT2D eigenvalue weighted by molar-refractivity contribution is -0.146. The molecule has 2 rings (SSSR count). The van der Waals surface area contributed by atoms with Crippen LogP contribution >= 0.6 is 0 Å². The highest BCUT2D eigenvalue weighted by Crippen LogP contribution is 2.38. The van der Waals surface area contributed by atoms with Crippen molar-refractivity contribution in [1.82, 2.24) is 25.9 Å². The van der Waals surface area contributed by atoms with Crippen LogP contribution in [0.25, 0.3) is 0 Å². The van der Waals surface area contributed by atoms with Crippen LogP contribution in [0, 0.1) is 17.8 Å². The van der Waals surface area contributed by atoms with Gasteiger partial charge in [0.2, 0.25) is 5.91 Å². The maximum Gasteiger partial charge on any atom is 0.307 e. The van der Waals surface area contributed by atoms with E-state index >= 15 is 0 Å². The lowest BCUT2D eigenvalue weighted by Crippen LogP contribution is -2.35. The molecule has 3 atom stereocenters. The predicted octanol–water partition coefficient (Wildman–Crippen LogP) is -0.0471. The number of aromatic nitrogens is 4. The third kappa shape index (κ3) is 3.07. The summed E-state index contributed by atoms with van der Waals surface area (Å²) in [5.74, 6) is -1.50. The molecule has 0 saturated heterocycles. The molecule has 104 valence electrons. The Balaban J connectivity index is 1.94. The summed E-state index contributed by atoms with van der Waals surface area (Å²) in [5.41, 5.74) is 0. The van der Waals surface area contributed by atoms with Gasteiger partial charge in [-0.25, -0.2) is 0 Å². The van der Waals surface area contributed by atoms with E-state index in [1.807, 2.05) is 6.92 Å². The topological polar surface area (TPSA) is 121 Å². The summed E-state index contributed by atoms with van der Waals surface area (Å²) in [4.78, 5) is 23.2. The van der Waals surface area contributed by atoms with Crippen molar-refractivity contribution >= 4 is 11.9 Å². The van der Waals surface area contributed by atoms with Gasteiger partial charge >= 0.3 is 5.97 Å². The summed E-state index contributed by atoms with van der Waals surface area (Å²) in [6.45, 7) is 2.18. The second-order valence-corrected chi connectivity index (χ2v) is 4.84. The maximum atomic E-state index is 12.1. The number of nitrogens with zero attached hydrogens (tertiary/aromatic N) is 3. The Morgan fingerprint density at radius 2 is 2.16 bits per heavy atom. The molecule has 1 aromatic rings. The van der Waals surface area contributed by atoms with E-state index in [1.165, 1.54) is 0 Å². The zero-order valence-electron chi connectivity index (χ0n) is 10.7. The molecule has 1 aliphatic rings. The van der Waals surface area contributed by atoms with Crippen molar-refractivity contribution in [1.29, 1.82) is 0 Å². The first-order valence-electron chi connectivity index (χ1n) is 6.34. The van der Waals surface area contributed by atoms with E-state index in [9.17, 15) is 14.7 Å². The molecule has 0 radical (unpaired) electrons. The Kier molecular flexibility index (Phi) is 4.08. The molecule has 0 bridgehead atoms. The summed E-state index contributed by atoms with van der Waals surface area (Å²) in [5, 5.41) is 25.0. The third-order valence-electron chi connectivity index (χ3n) is 3.70. The highest BCUT2D eigenvalue weighted by Gasteiger charge is 2.41. The zero-order valence-corrected chi connectivity index (χ0v) is 10.7. The first-order valence-corrected chi connectivity index (χ1v) is 6.34. The largest absolute Gasteiger partial charge is 0.481 e. The number of carboxylic acids is 1. The van der Waals surface area contributed by atoms with E-state index < -0.39 is 17.8 Å². The first kappa shape index (κ1) is 13.4. The van der Waals surface area contributed by atoms with Crippen LogP contribution in [-0.4, -0.2) is 37.6 Å². The Hall–Kier alpha value is -1.99. The minimum atomic E-state index is -0.893. The molecule has 1 fully saturated rings. The number of amides is 1. The molecule has 1 heterocycles. The SMILES string of the molecule is CCC1C[C@H](C(=O)NCc2nn[nH]n2)[C@H](C(=O)O)C1. The van der Waals surface area contributed by atoms with Gasteiger partial charge in [-0.05, 0) is 18.8 Å². The summed E-state index contributed by atoms with van der Waals surface area (Å²) in [6, 6.07) is 0. The van der Waals surface area contributed by atoms with Gasteiger partial charge in [0.15, 0.2) is 5.82 Å². The fourth-order valence-corrected chi connectivity index (χ4v) is 2.59. The molecule has 0 spiro atoms. The van der Waals surface area contributed by atoms with E-state index in [1.54, 1.807) is 0 Å². The second-order valence-electron chi connectivity index (χ2n) is 4.84. The van der Waals surface area contributed by atoms with Crippen molar-refractivity contribution in [3.05, 3.63) is 5.82 Å². The van der Waals surface area contributed by atoms with Gasteiger partial charge < -0.3 is 10.4 Å². The summed E-state index contributed by atoms with van der Waals surface area (Å²) >= 11 is 0. The van der Waals surface area contributed by atoms with E-state index in [0.29, 0.717) is 24.6 Å². The van der Waals surface area contributed by atoms with Gasteiger partial charge in [0.05, 0.1) is 18.4 Å². The van der Waals surface area contributed by atoms with Crippen molar-refractivity contribution in [3.63, 3.8) is 0 Å². The highest BCUT2D eigenvalue weighted by molar-refractivity contribution is 5.85. The smallest absolute Gasteiger partial charge is 0.307 e. The van der Waals surface area contributed by atoms with Crippen molar-refractivity contribution in [2.24, 2.45) is 17.8 Å². The van der Waals surface area contributed by atoms with Crippen LogP contribution in [0.3, 0.4) is 0 Å². The number of nitrogens with one attached hydrogen (secondary N) is 2. The summed E-state index contributed by atoms with van der Waals surface area (Å²) < 4.78 is 0. The molecular weight excluding hydrogens is 250 g/mol. The van der Waals surface area contributed by atoms with E-state index in [2.05, 4.69) is 25.9 Å². The van der Waals surface area contributed by atoms with Crippen LogP contribution in [0.4, 0.5) is 0 Å². The minimum Gasteiger partial charge on any atom is -0.481 e. The number of aromatic amines is 1. The second kappa shape index (κ2) is 5.77. The molecule has 1 unspecified atom stereocenters. The van der Waals surface area contributed by atoms with Crippen molar-refractivity contribution in [2.75, 3.05) is 0 Å². The summed E-state index contributed by atoms with van der Waals surface area (Å²) in [6.07, 6.45) is 2.11. The van der Waals surface area contributed by atoms with Crippen molar-refractivity contribution < 1.29 is 14.7 Å². The fraction of sp³-hybridized carbons (Fsp3) is 0.727. The van der Waals surface area contributed by atoms with Crippen LogP contribution in [0.15, 0.2) is 0 Å². The van der Waals surface area contributed by atoms with E-state index in [-0.39, 0.29) is 12.5 Å². The van der Waals surface area contributed by atoms with Gasteiger partial charge in [-0.3, -0.25) is 9.59 Å². The zero-order chi connectivity index (χ0) is 13.8. The molecule has 0 aliphatic heterocycles. The average molecular weight is 267 g/mol. The van der Waals surface area contributed by atoms with Gasteiger partial charge in [0.25, 0.3) is 0 Å². The number of carbonyl (C=O) groups is 2. The number of carboxylic acid groups (broad SMARTS) is 1. The monoisotopic (exact) mass is 267 g/mol. The van der Waals surface area contributed by atoms with Gasteiger partial charge in [0.1, 0.15) is 0 Å². The molecule has 1 aliphatic carbocycles. The van der Waals surface area contributed by atoms with Crippen molar-refractivity contribution in [2.45, 2.75) is 32.7 Å². The standard InChI is InChI=1S/C11H17N5O3/c1-2-6-3-7(8(4-6)11(18)19)10(17)12-5-9-13-15-16-14-9/h6-8H,2-5H2,1H3,(H,12,17)(H,18,19)(H,13,14,15,16)/t6?,7-,8+/m0/s1. The molecule has 3 N–H and O–H groups in total. The number of H-pyrrole nitrogens is 1. The van der Waals surface area contributed by atoms with Crippen LogP contribution in [0.1, 0.15) is 32.0 Å². The normalized spacial score (nSPS) is 26.3.